The molecule has 6 nitrogen and oxygen atoms in total. The summed E-state index contributed by atoms with van der Waals surface area (Å²) in [6, 6.07) is 8.03. The van der Waals surface area contributed by atoms with Crippen LogP contribution in [-0.2, 0) is 13.6 Å². The first kappa shape index (κ1) is 15.9. The molecule has 0 radical (unpaired) electrons. The second-order valence-electron chi connectivity index (χ2n) is 5.04. The first-order valence-corrected chi connectivity index (χ1v) is 7.29. The van der Waals surface area contributed by atoms with Gasteiger partial charge in [-0.15, -0.1) is 0 Å². The van der Waals surface area contributed by atoms with Crippen molar-refractivity contribution in [2.45, 2.75) is 13.5 Å². The third kappa shape index (κ3) is 5.12. The molecule has 1 aromatic carbocycles. The van der Waals surface area contributed by atoms with Gasteiger partial charge in [-0.2, -0.15) is 5.10 Å². The van der Waals surface area contributed by atoms with Crippen LogP contribution >= 0.6 is 0 Å². The maximum absolute atomic E-state index is 5.66. The zero-order valence-electron chi connectivity index (χ0n) is 13.3. The van der Waals surface area contributed by atoms with Gasteiger partial charge in [-0.1, -0.05) is 17.7 Å². The van der Waals surface area contributed by atoms with Gasteiger partial charge < -0.3 is 15.4 Å². The number of rotatable bonds is 6. The van der Waals surface area contributed by atoms with Crippen molar-refractivity contribution in [3.8, 4) is 5.75 Å². The van der Waals surface area contributed by atoms with Crippen LogP contribution in [0.15, 0.2) is 41.7 Å². The van der Waals surface area contributed by atoms with Crippen LogP contribution in [0.5, 0.6) is 5.75 Å². The SMILES string of the molecule is CN=C(NCCOc1ccc(C)cc1)NCc1cnn(C)c1. The lowest BCUT2D eigenvalue weighted by atomic mass is 10.2. The standard InChI is InChI=1S/C16H23N5O/c1-13-4-6-15(7-5-13)22-9-8-18-16(17-2)19-10-14-11-20-21(3)12-14/h4-7,11-12H,8-10H2,1-3H3,(H2,17,18,19). The molecule has 2 aromatic rings. The maximum Gasteiger partial charge on any atom is 0.191 e. The van der Waals surface area contributed by atoms with Crippen molar-refractivity contribution in [3.05, 3.63) is 47.8 Å². The first-order valence-electron chi connectivity index (χ1n) is 7.29. The number of benzene rings is 1. The number of ether oxygens (including phenoxy) is 1. The summed E-state index contributed by atoms with van der Waals surface area (Å²) in [5, 5.41) is 10.6. The molecule has 6 heteroatoms. The molecular formula is C16H23N5O. The molecule has 22 heavy (non-hydrogen) atoms. The minimum Gasteiger partial charge on any atom is -0.492 e. The van der Waals surface area contributed by atoms with Crippen LogP contribution in [0, 0.1) is 6.92 Å². The molecule has 0 saturated heterocycles. The number of aliphatic imine (C=N–C) groups is 1. The lowest BCUT2D eigenvalue weighted by Gasteiger charge is -2.12. The number of hydrogen-bond acceptors (Lipinski definition) is 3. The minimum absolute atomic E-state index is 0.580. The predicted octanol–water partition coefficient (Wildman–Crippen LogP) is 1.47. The molecule has 0 atom stereocenters. The van der Waals surface area contributed by atoms with Gasteiger partial charge in [0, 0.05) is 32.4 Å². The van der Waals surface area contributed by atoms with Crippen LogP contribution < -0.4 is 15.4 Å². The zero-order chi connectivity index (χ0) is 15.8. The fourth-order valence-electron chi connectivity index (χ4n) is 1.94. The largest absolute Gasteiger partial charge is 0.492 e. The van der Waals surface area contributed by atoms with E-state index in [-0.39, 0.29) is 0 Å². The molecule has 0 saturated carbocycles. The van der Waals surface area contributed by atoms with Crippen molar-refractivity contribution in [1.29, 1.82) is 0 Å². The van der Waals surface area contributed by atoms with Gasteiger partial charge in [0.25, 0.3) is 0 Å². The summed E-state index contributed by atoms with van der Waals surface area (Å²) in [4.78, 5) is 4.18. The summed E-state index contributed by atoms with van der Waals surface area (Å²) in [6.45, 7) is 4.01. The van der Waals surface area contributed by atoms with Crippen molar-refractivity contribution in [2.75, 3.05) is 20.2 Å². The summed E-state index contributed by atoms with van der Waals surface area (Å²) in [7, 11) is 3.65. The Hall–Kier alpha value is -2.50. The van der Waals surface area contributed by atoms with Crippen LogP contribution in [0.25, 0.3) is 0 Å². The Labute approximate surface area is 131 Å². The molecule has 0 unspecified atom stereocenters. The molecule has 0 amide bonds. The fourth-order valence-corrected chi connectivity index (χ4v) is 1.94. The Morgan fingerprint density at radius 1 is 1.27 bits per heavy atom. The molecule has 0 fully saturated rings. The molecule has 0 aliphatic carbocycles. The van der Waals surface area contributed by atoms with E-state index in [1.165, 1.54) is 5.56 Å². The molecular weight excluding hydrogens is 278 g/mol. The molecule has 0 aliphatic rings. The van der Waals surface area contributed by atoms with E-state index < -0.39 is 0 Å². The van der Waals surface area contributed by atoms with Gasteiger partial charge in [-0.05, 0) is 19.1 Å². The molecule has 0 aliphatic heterocycles. The van der Waals surface area contributed by atoms with Crippen molar-refractivity contribution in [1.82, 2.24) is 20.4 Å². The third-order valence-electron chi connectivity index (χ3n) is 3.13. The number of aryl methyl sites for hydroxylation is 2. The summed E-state index contributed by atoms with van der Waals surface area (Å²) < 4.78 is 7.44. The average Bonchev–Trinajstić information content (AvgIpc) is 2.94. The van der Waals surface area contributed by atoms with Crippen LogP contribution in [0.3, 0.4) is 0 Å². The smallest absolute Gasteiger partial charge is 0.191 e. The summed E-state index contributed by atoms with van der Waals surface area (Å²) in [6.07, 6.45) is 3.81. The number of aromatic nitrogens is 2. The van der Waals surface area contributed by atoms with E-state index >= 15 is 0 Å². The summed E-state index contributed by atoms with van der Waals surface area (Å²) in [5.41, 5.74) is 2.34. The Kier molecular flexibility index (Phi) is 5.82. The Morgan fingerprint density at radius 2 is 2.05 bits per heavy atom. The van der Waals surface area contributed by atoms with Crippen LogP contribution in [-0.4, -0.2) is 35.9 Å². The van der Waals surface area contributed by atoms with Gasteiger partial charge >= 0.3 is 0 Å². The minimum atomic E-state index is 0.580. The molecule has 2 N–H and O–H groups in total. The van der Waals surface area contributed by atoms with E-state index in [9.17, 15) is 0 Å². The Bertz CT molecular complexity index is 603. The maximum atomic E-state index is 5.66. The van der Waals surface area contributed by atoms with E-state index in [2.05, 4.69) is 27.6 Å². The van der Waals surface area contributed by atoms with Gasteiger partial charge in [0.2, 0.25) is 0 Å². The highest BCUT2D eigenvalue weighted by Crippen LogP contribution is 2.10. The predicted molar refractivity (Wildman–Crippen MR) is 88.1 cm³/mol. The highest BCUT2D eigenvalue weighted by atomic mass is 16.5. The molecule has 2 rings (SSSR count). The average molecular weight is 301 g/mol. The van der Waals surface area contributed by atoms with Crippen molar-refractivity contribution in [2.24, 2.45) is 12.0 Å². The normalized spacial score (nSPS) is 11.3. The molecule has 0 bridgehead atoms. The van der Waals surface area contributed by atoms with Gasteiger partial charge in [0.1, 0.15) is 12.4 Å². The molecule has 0 spiro atoms. The van der Waals surface area contributed by atoms with Crippen molar-refractivity contribution in [3.63, 3.8) is 0 Å². The van der Waals surface area contributed by atoms with Crippen LogP contribution in [0.4, 0.5) is 0 Å². The van der Waals surface area contributed by atoms with E-state index in [1.54, 1.807) is 11.7 Å². The van der Waals surface area contributed by atoms with Gasteiger partial charge in [-0.3, -0.25) is 9.67 Å². The Balaban J connectivity index is 1.67. The topological polar surface area (TPSA) is 63.5 Å². The monoisotopic (exact) mass is 301 g/mol. The first-order chi connectivity index (χ1) is 10.7. The highest BCUT2D eigenvalue weighted by Gasteiger charge is 2.00. The second-order valence-corrected chi connectivity index (χ2v) is 5.04. The number of hydrogen-bond donors (Lipinski definition) is 2. The van der Waals surface area contributed by atoms with Crippen molar-refractivity contribution >= 4 is 5.96 Å². The van der Waals surface area contributed by atoms with Crippen LogP contribution in [0.2, 0.25) is 0 Å². The molecule has 118 valence electrons. The number of nitrogens with zero attached hydrogens (tertiary/aromatic N) is 3. The molecule has 1 heterocycles. The van der Waals surface area contributed by atoms with Gasteiger partial charge in [-0.25, -0.2) is 0 Å². The lowest BCUT2D eigenvalue weighted by Crippen LogP contribution is -2.38. The summed E-state index contributed by atoms with van der Waals surface area (Å²) >= 11 is 0. The zero-order valence-corrected chi connectivity index (χ0v) is 13.3. The third-order valence-corrected chi connectivity index (χ3v) is 3.13. The summed E-state index contributed by atoms with van der Waals surface area (Å²) in [5.74, 6) is 1.63. The lowest BCUT2D eigenvalue weighted by molar-refractivity contribution is 0.322. The quantitative estimate of drug-likeness (QED) is 0.482. The van der Waals surface area contributed by atoms with Gasteiger partial charge in [0.15, 0.2) is 5.96 Å². The van der Waals surface area contributed by atoms with E-state index in [0.717, 1.165) is 17.3 Å². The van der Waals surface area contributed by atoms with E-state index in [1.807, 2.05) is 43.7 Å². The second kappa shape index (κ2) is 8.07. The highest BCUT2D eigenvalue weighted by molar-refractivity contribution is 5.79. The number of guanidine groups is 1. The van der Waals surface area contributed by atoms with Gasteiger partial charge in [0.05, 0.1) is 12.7 Å². The van der Waals surface area contributed by atoms with E-state index in [4.69, 9.17) is 4.74 Å². The van der Waals surface area contributed by atoms with Crippen LogP contribution in [0.1, 0.15) is 11.1 Å². The van der Waals surface area contributed by atoms with E-state index in [0.29, 0.717) is 19.7 Å². The Morgan fingerprint density at radius 3 is 2.68 bits per heavy atom. The molecule has 1 aromatic heterocycles. The van der Waals surface area contributed by atoms with Crippen molar-refractivity contribution < 1.29 is 4.74 Å². The fraction of sp³-hybridized carbons (Fsp3) is 0.375. The number of nitrogens with one attached hydrogen (secondary N) is 2.